The number of benzene rings is 2. The van der Waals surface area contributed by atoms with Gasteiger partial charge >= 0.3 is 6.09 Å². The molecule has 1 saturated heterocycles. The van der Waals surface area contributed by atoms with Gasteiger partial charge in [0.25, 0.3) is 5.91 Å². The van der Waals surface area contributed by atoms with E-state index in [9.17, 15) is 18.0 Å². The Morgan fingerprint density at radius 1 is 1.06 bits per heavy atom. The van der Waals surface area contributed by atoms with Gasteiger partial charge in [-0.05, 0) is 67.4 Å². The number of carbonyl (C=O) groups is 2. The zero-order valence-corrected chi connectivity index (χ0v) is 17.1. The second kappa shape index (κ2) is 9.32. The predicted octanol–water partition coefficient (Wildman–Crippen LogP) is 0.828. The molecule has 0 bridgehead atoms. The first-order valence-corrected chi connectivity index (χ1v) is 10.4. The SMILES string of the molecule is CNS(=O)(=O)c1ccc(C#CC#Cc2ccc(N3C[C@@H](C(=O)NO)OC3=O)cc2)cc1. The lowest BCUT2D eigenvalue weighted by Crippen LogP contribution is -2.35. The average Bonchev–Trinajstić information content (AvgIpc) is 3.18. The van der Waals surface area contributed by atoms with Gasteiger partial charge in [0.2, 0.25) is 16.1 Å². The Bertz CT molecular complexity index is 1220. The van der Waals surface area contributed by atoms with Gasteiger partial charge in [-0.25, -0.2) is 23.4 Å². The van der Waals surface area contributed by atoms with Crippen LogP contribution in [0, 0.1) is 23.7 Å². The fourth-order valence-corrected chi connectivity index (χ4v) is 3.38. The van der Waals surface area contributed by atoms with E-state index in [1.807, 2.05) is 0 Å². The van der Waals surface area contributed by atoms with Gasteiger partial charge < -0.3 is 4.74 Å². The molecule has 0 aromatic heterocycles. The van der Waals surface area contributed by atoms with Crippen molar-refractivity contribution in [2.24, 2.45) is 0 Å². The van der Waals surface area contributed by atoms with E-state index in [2.05, 4.69) is 28.4 Å². The number of hydroxylamine groups is 1. The molecular weight excluding hydrogens is 422 g/mol. The van der Waals surface area contributed by atoms with Crippen LogP contribution in [0.3, 0.4) is 0 Å². The Morgan fingerprint density at radius 3 is 2.13 bits per heavy atom. The number of cyclic esters (lactones) is 1. The number of sulfonamides is 1. The van der Waals surface area contributed by atoms with Crippen molar-refractivity contribution in [2.75, 3.05) is 18.5 Å². The maximum Gasteiger partial charge on any atom is 0.415 e. The van der Waals surface area contributed by atoms with Crippen molar-refractivity contribution in [3.8, 4) is 23.7 Å². The third kappa shape index (κ3) is 5.21. The topological polar surface area (TPSA) is 125 Å². The first-order chi connectivity index (χ1) is 14.8. The van der Waals surface area contributed by atoms with Crippen molar-refractivity contribution in [3.63, 3.8) is 0 Å². The van der Waals surface area contributed by atoms with Gasteiger partial charge in [-0.2, -0.15) is 0 Å². The number of ether oxygens (including phenoxy) is 1. The van der Waals surface area contributed by atoms with E-state index in [1.54, 1.807) is 36.4 Å². The van der Waals surface area contributed by atoms with Gasteiger partial charge in [-0.3, -0.25) is 14.9 Å². The summed E-state index contributed by atoms with van der Waals surface area (Å²) in [5.74, 6) is 10.3. The van der Waals surface area contributed by atoms with Crippen LogP contribution in [0.1, 0.15) is 11.1 Å². The van der Waals surface area contributed by atoms with E-state index in [1.165, 1.54) is 29.6 Å². The van der Waals surface area contributed by atoms with Crippen LogP contribution in [0.4, 0.5) is 10.5 Å². The molecule has 2 aromatic carbocycles. The number of nitrogens with zero attached hydrogens (tertiary/aromatic N) is 1. The number of hydrogen-bond donors (Lipinski definition) is 3. The maximum atomic E-state index is 11.9. The van der Waals surface area contributed by atoms with Crippen molar-refractivity contribution in [1.29, 1.82) is 0 Å². The van der Waals surface area contributed by atoms with Crippen LogP contribution in [0.25, 0.3) is 0 Å². The number of nitrogens with one attached hydrogen (secondary N) is 2. The molecule has 3 N–H and O–H groups in total. The summed E-state index contributed by atoms with van der Waals surface area (Å²) >= 11 is 0. The Balaban J connectivity index is 1.65. The lowest BCUT2D eigenvalue weighted by molar-refractivity contribution is -0.136. The summed E-state index contributed by atoms with van der Waals surface area (Å²) in [6.45, 7) is -0.0177. The summed E-state index contributed by atoms with van der Waals surface area (Å²) in [6.07, 6.45) is -1.77. The van der Waals surface area contributed by atoms with Crippen molar-refractivity contribution in [1.82, 2.24) is 10.2 Å². The normalized spacial score (nSPS) is 15.2. The summed E-state index contributed by atoms with van der Waals surface area (Å²) in [5.41, 5.74) is 3.25. The minimum Gasteiger partial charge on any atom is -0.434 e. The van der Waals surface area contributed by atoms with Gasteiger partial charge in [-0.1, -0.05) is 11.8 Å². The largest absolute Gasteiger partial charge is 0.434 e. The highest BCUT2D eigenvalue weighted by atomic mass is 32.2. The molecule has 1 heterocycles. The fraction of sp³-hybridized carbons (Fsp3) is 0.143. The lowest BCUT2D eigenvalue weighted by Gasteiger charge is -2.12. The molecule has 1 atom stereocenters. The summed E-state index contributed by atoms with van der Waals surface area (Å²) in [4.78, 5) is 24.7. The maximum absolute atomic E-state index is 11.9. The highest BCUT2D eigenvalue weighted by molar-refractivity contribution is 7.89. The van der Waals surface area contributed by atoms with Crippen LogP contribution in [0.2, 0.25) is 0 Å². The molecule has 0 radical (unpaired) electrons. The van der Waals surface area contributed by atoms with Gasteiger partial charge in [0.1, 0.15) is 0 Å². The molecule has 10 heteroatoms. The van der Waals surface area contributed by atoms with E-state index in [-0.39, 0.29) is 11.4 Å². The molecule has 0 aliphatic carbocycles. The van der Waals surface area contributed by atoms with Crippen LogP contribution in [0.5, 0.6) is 0 Å². The monoisotopic (exact) mass is 439 g/mol. The van der Waals surface area contributed by atoms with E-state index >= 15 is 0 Å². The molecule has 158 valence electrons. The molecule has 31 heavy (non-hydrogen) atoms. The molecule has 1 aliphatic heterocycles. The molecule has 1 fully saturated rings. The van der Waals surface area contributed by atoms with E-state index in [0.29, 0.717) is 16.8 Å². The van der Waals surface area contributed by atoms with Gasteiger partial charge in [0.15, 0.2) is 0 Å². The Hall–Kier alpha value is -3.83. The summed E-state index contributed by atoms with van der Waals surface area (Å²) < 4.78 is 30.5. The number of rotatable bonds is 4. The third-order valence-corrected chi connectivity index (χ3v) is 5.73. The minimum absolute atomic E-state index is 0.0177. The van der Waals surface area contributed by atoms with Crippen LogP contribution in [-0.2, 0) is 19.6 Å². The molecule has 0 saturated carbocycles. The zero-order chi connectivity index (χ0) is 22.4. The average molecular weight is 439 g/mol. The van der Waals surface area contributed by atoms with Crippen LogP contribution in [-0.4, -0.2) is 45.3 Å². The Morgan fingerprint density at radius 2 is 1.61 bits per heavy atom. The Labute approximate surface area is 179 Å². The molecule has 0 unspecified atom stereocenters. The first kappa shape index (κ1) is 21.9. The smallest absolute Gasteiger partial charge is 0.415 e. The van der Waals surface area contributed by atoms with Crippen LogP contribution in [0.15, 0.2) is 53.4 Å². The van der Waals surface area contributed by atoms with Crippen molar-refractivity contribution in [2.45, 2.75) is 11.0 Å². The predicted molar refractivity (Wildman–Crippen MR) is 110 cm³/mol. The molecule has 2 aromatic rings. The number of hydrogen-bond acceptors (Lipinski definition) is 6. The molecule has 0 spiro atoms. The first-order valence-electron chi connectivity index (χ1n) is 8.92. The summed E-state index contributed by atoms with van der Waals surface area (Å²) in [7, 11) is -2.15. The van der Waals surface area contributed by atoms with Crippen LogP contribution >= 0.6 is 0 Å². The summed E-state index contributed by atoms with van der Waals surface area (Å²) in [5, 5.41) is 8.64. The molecule has 1 aliphatic rings. The number of anilines is 1. The Kier molecular flexibility index (Phi) is 6.58. The quantitative estimate of drug-likeness (QED) is 0.368. The highest BCUT2D eigenvalue weighted by Crippen LogP contribution is 2.22. The van der Waals surface area contributed by atoms with Crippen molar-refractivity contribution >= 4 is 27.7 Å². The highest BCUT2D eigenvalue weighted by Gasteiger charge is 2.36. The lowest BCUT2D eigenvalue weighted by atomic mass is 10.2. The molecule has 9 nitrogen and oxygen atoms in total. The number of carbonyl (C=O) groups excluding carboxylic acids is 2. The third-order valence-electron chi connectivity index (χ3n) is 4.30. The molecule has 3 rings (SSSR count). The second-order valence-corrected chi connectivity index (χ2v) is 8.12. The summed E-state index contributed by atoms with van der Waals surface area (Å²) in [6, 6.07) is 12.8. The van der Waals surface area contributed by atoms with Crippen molar-refractivity contribution in [3.05, 3.63) is 59.7 Å². The second-order valence-electron chi connectivity index (χ2n) is 6.24. The fourth-order valence-electron chi connectivity index (χ4n) is 2.65. The van der Waals surface area contributed by atoms with Gasteiger partial charge in [-0.15, -0.1) is 0 Å². The molecular formula is C21H17N3O6S. The van der Waals surface area contributed by atoms with E-state index in [0.717, 1.165) is 0 Å². The number of amides is 2. The van der Waals surface area contributed by atoms with Crippen LogP contribution < -0.4 is 15.1 Å². The van der Waals surface area contributed by atoms with Crippen molar-refractivity contribution < 1.29 is 28.0 Å². The van der Waals surface area contributed by atoms with E-state index in [4.69, 9.17) is 9.94 Å². The van der Waals surface area contributed by atoms with E-state index < -0.39 is 28.1 Å². The standard InChI is InChI=1S/C21H17N3O6S/c1-22-31(28,29)18-12-8-16(9-13-18)5-3-2-4-15-6-10-17(11-7-15)24-14-19(20(25)23-27)30-21(24)26/h6-13,19,22,27H,14H2,1H3,(H,23,25)/t19-/m0/s1. The zero-order valence-electron chi connectivity index (χ0n) is 16.2. The van der Waals surface area contributed by atoms with Gasteiger partial charge in [0, 0.05) is 16.8 Å². The van der Waals surface area contributed by atoms with Gasteiger partial charge in [0.05, 0.1) is 11.4 Å². The minimum atomic E-state index is -3.49. The molecule has 2 amide bonds.